The molecule has 0 spiro atoms. The van der Waals surface area contributed by atoms with Crippen LogP contribution in [0.15, 0.2) is 46.9 Å². The Hall–Kier alpha value is -3.96. The minimum Gasteiger partial charge on any atom is -0.481 e. The van der Waals surface area contributed by atoms with Gasteiger partial charge in [-0.2, -0.15) is 13.2 Å². The number of alkyl halides is 3. The number of halogens is 4. The Balaban J connectivity index is 1.60. The number of hydrogen-bond donors (Lipinski definition) is 2. The number of carboxylic acid groups (broad SMARTS) is 1. The molecule has 0 saturated carbocycles. The third kappa shape index (κ3) is 8.29. The maximum Gasteiger partial charge on any atom is 0.416 e. The highest BCUT2D eigenvalue weighted by Crippen LogP contribution is 2.33. The lowest BCUT2D eigenvalue weighted by molar-refractivity contribution is -0.138. The van der Waals surface area contributed by atoms with Crippen molar-refractivity contribution in [3.63, 3.8) is 0 Å². The maximum absolute atomic E-state index is 14.2. The Morgan fingerprint density at radius 2 is 1.82 bits per heavy atom. The van der Waals surface area contributed by atoms with Crippen molar-refractivity contribution in [2.45, 2.75) is 57.7 Å². The molecule has 0 aliphatic rings. The number of nitrogens with zero attached hydrogens (tertiary/aromatic N) is 2. The van der Waals surface area contributed by atoms with Gasteiger partial charge in [0.2, 0.25) is 0 Å². The number of carbonyl (C=O) groups is 2. The highest BCUT2D eigenvalue weighted by molar-refractivity contribution is 5.96. The summed E-state index contributed by atoms with van der Waals surface area (Å²) in [5.41, 5.74) is -0.195. The van der Waals surface area contributed by atoms with Crippen LogP contribution in [0.1, 0.15) is 61.4 Å². The van der Waals surface area contributed by atoms with Crippen LogP contribution in [0.2, 0.25) is 0 Å². The average Bonchev–Trinajstić information content (AvgIpc) is 3.34. The van der Waals surface area contributed by atoms with Gasteiger partial charge in [0.25, 0.3) is 5.89 Å². The van der Waals surface area contributed by atoms with E-state index in [0.717, 1.165) is 37.1 Å². The standard InChI is InChI=1S/C26H27F4N3O5/c1-2-3-5-19(31-18-11-8-16(9-12-18)22(34)6-4-7-23(35)36)15-37-25-33-32-24(38-25)20-13-10-17(14-21(20)27)26(28,29)30/h8-14,19,31H,2-7,15H2,1H3,(H,35,36)/t19-/m0/s1. The van der Waals surface area contributed by atoms with Crippen molar-refractivity contribution in [2.75, 3.05) is 11.9 Å². The predicted octanol–water partition coefficient (Wildman–Crippen LogP) is 6.38. The summed E-state index contributed by atoms with van der Waals surface area (Å²) in [6, 6.07) is 8.61. The monoisotopic (exact) mass is 537 g/mol. The van der Waals surface area contributed by atoms with Gasteiger partial charge in [-0.1, -0.05) is 24.9 Å². The van der Waals surface area contributed by atoms with Gasteiger partial charge in [-0.3, -0.25) is 9.59 Å². The lowest BCUT2D eigenvalue weighted by Crippen LogP contribution is -2.27. The second-order valence-electron chi connectivity index (χ2n) is 8.61. The minimum absolute atomic E-state index is 0.0642. The molecule has 0 bridgehead atoms. The molecule has 1 atom stereocenters. The normalized spacial score (nSPS) is 12.2. The van der Waals surface area contributed by atoms with Crippen molar-refractivity contribution in [3.05, 3.63) is 59.4 Å². The van der Waals surface area contributed by atoms with Crippen molar-refractivity contribution in [2.24, 2.45) is 0 Å². The Labute approximate surface area is 216 Å². The Morgan fingerprint density at radius 3 is 2.45 bits per heavy atom. The molecule has 0 fully saturated rings. The lowest BCUT2D eigenvalue weighted by atomic mass is 10.0. The fourth-order valence-electron chi connectivity index (χ4n) is 3.59. The van der Waals surface area contributed by atoms with E-state index >= 15 is 0 Å². The molecule has 0 aliphatic carbocycles. The number of Topliss-reactive ketones (excluding diaryl/α,β-unsaturated/α-hetero) is 1. The Kier molecular flexibility index (Phi) is 9.80. The highest BCUT2D eigenvalue weighted by atomic mass is 19.4. The number of rotatable bonds is 14. The van der Waals surface area contributed by atoms with E-state index in [-0.39, 0.29) is 55.2 Å². The van der Waals surface area contributed by atoms with Crippen molar-refractivity contribution >= 4 is 17.4 Å². The van der Waals surface area contributed by atoms with Crippen LogP contribution in [-0.2, 0) is 11.0 Å². The zero-order valence-electron chi connectivity index (χ0n) is 20.6. The highest BCUT2D eigenvalue weighted by Gasteiger charge is 2.31. The summed E-state index contributed by atoms with van der Waals surface area (Å²) in [6.07, 6.45) is -2.05. The molecule has 0 radical (unpaired) electrons. The molecule has 1 aromatic heterocycles. The third-order valence-corrected chi connectivity index (χ3v) is 5.62. The second kappa shape index (κ2) is 13.0. The SMILES string of the molecule is CCCC[C@@H](COc1nnc(-c2ccc(C(F)(F)F)cc2F)o1)Nc1ccc(C(=O)CCCC(=O)O)cc1. The number of ketones is 1. The average molecular weight is 538 g/mol. The fourth-order valence-corrected chi connectivity index (χ4v) is 3.59. The summed E-state index contributed by atoms with van der Waals surface area (Å²) in [4.78, 5) is 22.8. The number of nitrogens with one attached hydrogen (secondary N) is 1. The van der Waals surface area contributed by atoms with Crippen LogP contribution in [0, 0.1) is 5.82 Å². The number of benzene rings is 2. The van der Waals surface area contributed by atoms with Gasteiger partial charge in [-0.15, -0.1) is 5.10 Å². The lowest BCUT2D eigenvalue weighted by Gasteiger charge is -2.19. The quantitative estimate of drug-likeness (QED) is 0.180. The van der Waals surface area contributed by atoms with Crippen LogP contribution < -0.4 is 10.1 Å². The molecule has 2 aromatic carbocycles. The van der Waals surface area contributed by atoms with Crippen LogP contribution in [0.25, 0.3) is 11.5 Å². The largest absolute Gasteiger partial charge is 0.481 e. The van der Waals surface area contributed by atoms with Gasteiger partial charge < -0.3 is 19.6 Å². The van der Waals surface area contributed by atoms with Gasteiger partial charge in [0.1, 0.15) is 12.4 Å². The third-order valence-electron chi connectivity index (χ3n) is 5.62. The van der Waals surface area contributed by atoms with Gasteiger partial charge in [-0.05, 0) is 55.3 Å². The fraction of sp³-hybridized carbons (Fsp3) is 0.385. The van der Waals surface area contributed by atoms with Gasteiger partial charge in [0, 0.05) is 24.1 Å². The smallest absolute Gasteiger partial charge is 0.416 e. The van der Waals surface area contributed by atoms with Crippen LogP contribution >= 0.6 is 0 Å². The zero-order valence-corrected chi connectivity index (χ0v) is 20.6. The summed E-state index contributed by atoms with van der Waals surface area (Å²) >= 11 is 0. The van der Waals surface area contributed by atoms with Crippen LogP contribution in [-0.4, -0.2) is 39.7 Å². The van der Waals surface area contributed by atoms with Crippen molar-refractivity contribution < 1.29 is 41.4 Å². The number of hydrogen-bond acceptors (Lipinski definition) is 7. The van der Waals surface area contributed by atoms with Crippen LogP contribution in [0.3, 0.4) is 0 Å². The molecule has 8 nitrogen and oxygen atoms in total. The van der Waals surface area contributed by atoms with Crippen LogP contribution in [0.4, 0.5) is 23.2 Å². The molecule has 3 aromatic rings. The number of carbonyl (C=O) groups excluding carboxylic acids is 1. The summed E-state index contributed by atoms with van der Waals surface area (Å²) in [7, 11) is 0. The van der Waals surface area contributed by atoms with Crippen molar-refractivity contribution in [1.82, 2.24) is 10.2 Å². The summed E-state index contributed by atoms with van der Waals surface area (Å²) in [5, 5.41) is 19.4. The number of unbranched alkanes of at least 4 members (excludes halogenated alkanes) is 1. The van der Waals surface area contributed by atoms with Crippen LogP contribution in [0.5, 0.6) is 6.08 Å². The molecule has 0 aliphatic heterocycles. The van der Waals surface area contributed by atoms with Gasteiger partial charge in [0.15, 0.2) is 5.78 Å². The van der Waals surface area contributed by atoms with Gasteiger partial charge in [0.05, 0.1) is 17.2 Å². The number of ether oxygens (including phenoxy) is 1. The van der Waals surface area contributed by atoms with E-state index in [1.165, 1.54) is 0 Å². The van der Waals surface area contributed by atoms with Gasteiger partial charge in [-0.25, -0.2) is 4.39 Å². The maximum atomic E-state index is 14.2. The van der Waals surface area contributed by atoms with E-state index in [1.807, 2.05) is 6.92 Å². The summed E-state index contributed by atoms with van der Waals surface area (Å²) < 4.78 is 63.4. The summed E-state index contributed by atoms with van der Waals surface area (Å²) in [5.74, 6) is -2.55. The molecule has 204 valence electrons. The van der Waals surface area contributed by atoms with Crippen molar-refractivity contribution in [1.29, 1.82) is 0 Å². The predicted molar refractivity (Wildman–Crippen MR) is 129 cm³/mol. The number of aliphatic carboxylic acids is 1. The first-order chi connectivity index (χ1) is 18.1. The molecule has 3 rings (SSSR count). The molecule has 38 heavy (non-hydrogen) atoms. The van der Waals surface area contributed by atoms with E-state index in [4.69, 9.17) is 14.3 Å². The van der Waals surface area contributed by atoms with E-state index in [1.54, 1.807) is 24.3 Å². The number of aromatic nitrogens is 2. The Bertz CT molecular complexity index is 1230. The number of anilines is 1. The topological polar surface area (TPSA) is 115 Å². The first-order valence-corrected chi connectivity index (χ1v) is 12.0. The van der Waals surface area contributed by atoms with E-state index < -0.39 is 23.5 Å². The van der Waals surface area contributed by atoms with E-state index in [0.29, 0.717) is 11.6 Å². The Morgan fingerprint density at radius 1 is 1.08 bits per heavy atom. The molecule has 0 saturated heterocycles. The molecule has 0 unspecified atom stereocenters. The minimum atomic E-state index is -4.68. The number of carboxylic acids is 1. The molecule has 2 N–H and O–H groups in total. The van der Waals surface area contributed by atoms with E-state index in [2.05, 4.69) is 15.5 Å². The zero-order chi connectivity index (χ0) is 27.7. The molecular formula is C26H27F4N3O5. The van der Waals surface area contributed by atoms with Crippen molar-refractivity contribution in [3.8, 4) is 17.5 Å². The first kappa shape index (κ1) is 28.6. The van der Waals surface area contributed by atoms with E-state index in [9.17, 15) is 27.2 Å². The molecule has 1 heterocycles. The molecule has 0 amide bonds. The second-order valence-corrected chi connectivity index (χ2v) is 8.61. The molecule has 12 heteroatoms. The summed E-state index contributed by atoms with van der Waals surface area (Å²) in [6.45, 7) is 2.14. The molecular weight excluding hydrogens is 510 g/mol. The van der Waals surface area contributed by atoms with Gasteiger partial charge >= 0.3 is 18.2 Å². The first-order valence-electron chi connectivity index (χ1n) is 12.0.